The molecule has 0 bridgehead atoms. The van der Waals surface area contributed by atoms with Crippen LogP contribution in [0.25, 0.3) is 0 Å². The first-order chi connectivity index (χ1) is 9.67. The fraction of sp³-hybridized carbons (Fsp3) is 0.588. The second kappa shape index (κ2) is 6.94. The monoisotopic (exact) mass is 293 g/mol. The molecule has 4 heteroatoms. The van der Waals surface area contributed by atoms with Crippen molar-refractivity contribution in [3.05, 3.63) is 28.8 Å². The maximum Gasteiger partial charge on any atom is 0.312 e. The molecular formula is C17H27NO3. The maximum absolute atomic E-state index is 11.1. The second-order valence-corrected chi connectivity index (χ2v) is 6.41. The van der Waals surface area contributed by atoms with E-state index in [1.165, 1.54) is 5.56 Å². The van der Waals surface area contributed by atoms with Crippen LogP contribution in [0.2, 0.25) is 0 Å². The first-order valence-electron chi connectivity index (χ1n) is 7.39. The van der Waals surface area contributed by atoms with Gasteiger partial charge in [0.1, 0.15) is 12.4 Å². The molecule has 0 saturated heterocycles. The third-order valence-electron chi connectivity index (χ3n) is 3.70. The number of carboxylic acids is 1. The molecule has 0 amide bonds. The van der Waals surface area contributed by atoms with E-state index in [-0.39, 0.29) is 12.6 Å². The molecule has 4 nitrogen and oxygen atoms in total. The van der Waals surface area contributed by atoms with Crippen LogP contribution >= 0.6 is 0 Å². The lowest BCUT2D eigenvalue weighted by atomic mass is 9.95. The lowest BCUT2D eigenvalue weighted by molar-refractivity contribution is -0.148. The summed E-state index contributed by atoms with van der Waals surface area (Å²) in [5.74, 6) is -0.0820. The Kier molecular flexibility index (Phi) is 5.78. The van der Waals surface area contributed by atoms with E-state index < -0.39 is 11.4 Å². The first kappa shape index (κ1) is 17.5. The molecule has 0 spiro atoms. The van der Waals surface area contributed by atoms with Crippen LogP contribution in [0.1, 0.15) is 43.9 Å². The Hall–Kier alpha value is -1.55. The molecule has 0 aliphatic carbocycles. The number of rotatable bonds is 7. The minimum absolute atomic E-state index is 0.151. The van der Waals surface area contributed by atoms with Crippen LogP contribution in [0.15, 0.2) is 12.1 Å². The highest BCUT2D eigenvalue weighted by Crippen LogP contribution is 2.27. The Morgan fingerprint density at radius 3 is 2.29 bits per heavy atom. The fourth-order valence-corrected chi connectivity index (χ4v) is 2.15. The molecule has 1 aromatic rings. The normalized spacial score (nSPS) is 13.0. The average molecular weight is 293 g/mol. The first-order valence-corrected chi connectivity index (χ1v) is 7.39. The zero-order chi connectivity index (χ0) is 16.2. The van der Waals surface area contributed by atoms with Crippen LogP contribution in [0.5, 0.6) is 5.75 Å². The van der Waals surface area contributed by atoms with Gasteiger partial charge in [-0.15, -0.1) is 0 Å². The van der Waals surface area contributed by atoms with Crippen LogP contribution in [0, 0.1) is 19.3 Å². The highest BCUT2D eigenvalue weighted by molar-refractivity contribution is 5.73. The minimum Gasteiger partial charge on any atom is -0.492 e. The maximum atomic E-state index is 11.1. The Morgan fingerprint density at radius 2 is 1.86 bits per heavy atom. The SMILES string of the molecule is CCC(N)Cc1cc(C)c(OCC(C)(C)C(=O)O)c(C)c1. The van der Waals surface area contributed by atoms with Crippen molar-refractivity contribution in [1.82, 2.24) is 0 Å². The van der Waals surface area contributed by atoms with E-state index in [0.717, 1.165) is 29.7 Å². The predicted molar refractivity (Wildman–Crippen MR) is 84.8 cm³/mol. The summed E-state index contributed by atoms with van der Waals surface area (Å²) in [5.41, 5.74) is 8.34. The Bertz CT molecular complexity index is 486. The third-order valence-corrected chi connectivity index (χ3v) is 3.70. The van der Waals surface area contributed by atoms with E-state index in [0.29, 0.717) is 0 Å². The number of hydrogen-bond acceptors (Lipinski definition) is 3. The van der Waals surface area contributed by atoms with Crippen molar-refractivity contribution in [2.24, 2.45) is 11.1 Å². The summed E-state index contributed by atoms with van der Waals surface area (Å²) in [4.78, 5) is 11.1. The van der Waals surface area contributed by atoms with E-state index in [4.69, 9.17) is 15.6 Å². The van der Waals surface area contributed by atoms with Crippen molar-refractivity contribution in [1.29, 1.82) is 0 Å². The number of carboxylic acid groups (broad SMARTS) is 1. The largest absolute Gasteiger partial charge is 0.492 e. The number of benzene rings is 1. The van der Waals surface area contributed by atoms with Crippen LogP contribution < -0.4 is 10.5 Å². The van der Waals surface area contributed by atoms with Gasteiger partial charge in [-0.05, 0) is 57.2 Å². The van der Waals surface area contributed by atoms with Gasteiger partial charge in [-0.1, -0.05) is 19.1 Å². The van der Waals surface area contributed by atoms with Gasteiger partial charge in [-0.25, -0.2) is 0 Å². The van der Waals surface area contributed by atoms with Gasteiger partial charge < -0.3 is 15.6 Å². The molecule has 3 N–H and O–H groups in total. The molecule has 0 saturated carbocycles. The van der Waals surface area contributed by atoms with Crippen LogP contribution in [0.3, 0.4) is 0 Å². The summed E-state index contributed by atoms with van der Waals surface area (Å²) < 4.78 is 5.77. The van der Waals surface area contributed by atoms with Crippen molar-refractivity contribution < 1.29 is 14.6 Å². The number of hydrogen-bond donors (Lipinski definition) is 2. The highest BCUT2D eigenvalue weighted by Gasteiger charge is 2.28. The van der Waals surface area contributed by atoms with Gasteiger partial charge in [0.2, 0.25) is 0 Å². The van der Waals surface area contributed by atoms with Gasteiger partial charge in [0, 0.05) is 6.04 Å². The molecule has 0 aromatic heterocycles. The summed E-state index contributed by atoms with van der Waals surface area (Å²) in [6.45, 7) is 9.52. The molecule has 0 heterocycles. The van der Waals surface area contributed by atoms with E-state index >= 15 is 0 Å². The molecular weight excluding hydrogens is 266 g/mol. The zero-order valence-electron chi connectivity index (χ0n) is 13.7. The number of ether oxygens (including phenoxy) is 1. The fourth-order valence-electron chi connectivity index (χ4n) is 2.15. The minimum atomic E-state index is -0.901. The van der Waals surface area contributed by atoms with Crippen molar-refractivity contribution >= 4 is 5.97 Å². The van der Waals surface area contributed by atoms with E-state index in [9.17, 15) is 4.79 Å². The molecule has 1 atom stereocenters. The van der Waals surface area contributed by atoms with Gasteiger partial charge in [0.25, 0.3) is 0 Å². The van der Waals surface area contributed by atoms with Crippen molar-refractivity contribution in [2.45, 2.75) is 53.5 Å². The lowest BCUT2D eigenvalue weighted by Crippen LogP contribution is -2.31. The number of aliphatic carboxylic acids is 1. The van der Waals surface area contributed by atoms with E-state index in [1.54, 1.807) is 13.8 Å². The Labute approximate surface area is 127 Å². The molecule has 1 rings (SSSR count). The predicted octanol–water partition coefficient (Wildman–Crippen LogP) is 3.07. The third kappa shape index (κ3) is 4.74. The highest BCUT2D eigenvalue weighted by atomic mass is 16.5. The van der Waals surface area contributed by atoms with Crippen LogP contribution in [0.4, 0.5) is 0 Å². The van der Waals surface area contributed by atoms with Crippen molar-refractivity contribution in [3.8, 4) is 5.75 Å². The number of carbonyl (C=O) groups is 1. The van der Waals surface area contributed by atoms with E-state index in [1.807, 2.05) is 13.8 Å². The summed E-state index contributed by atoms with van der Waals surface area (Å²) in [7, 11) is 0. The molecule has 0 aliphatic rings. The average Bonchev–Trinajstić information content (AvgIpc) is 2.37. The lowest BCUT2D eigenvalue weighted by Gasteiger charge is -2.22. The second-order valence-electron chi connectivity index (χ2n) is 6.41. The van der Waals surface area contributed by atoms with Gasteiger partial charge in [0.05, 0.1) is 5.41 Å². The van der Waals surface area contributed by atoms with Crippen LogP contribution in [-0.2, 0) is 11.2 Å². The molecule has 0 radical (unpaired) electrons. The summed E-state index contributed by atoms with van der Waals surface area (Å²) in [6.07, 6.45) is 1.79. The number of aryl methyl sites for hydroxylation is 2. The summed E-state index contributed by atoms with van der Waals surface area (Å²) in [5, 5.41) is 9.13. The topological polar surface area (TPSA) is 72.5 Å². The van der Waals surface area contributed by atoms with Gasteiger partial charge in [-0.3, -0.25) is 4.79 Å². The molecule has 0 fully saturated rings. The summed E-state index contributed by atoms with van der Waals surface area (Å²) >= 11 is 0. The molecule has 0 aliphatic heterocycles. The zero-order valence-corrected chi connectivity index (χ0v) is 13.7. The molecule has 1 unspecified atom stereocenters. The Morgan fingerprint density at radius 1 is 1.33 bits per heavy atom. The summed E-state index contributed by atoms with van der Waals surface area (Å²) in [6, 6.07) is 4.32. The molecule has 118 valence electrons. The van der Waals surface area contributed by atoms with Crippen molar-refractivity contribution in [2.75, 3.05) is 6.61 Å². The molecule has 21 heavy (non-hydrogen) atoms. The number of nitrogens with two attached hydrogens (primary N) is 1. The standard InChI is InChI=1S/C17H27NO3/c1-6-14(18)9-13-7-11(2)15(12(3)8-13)21-10-17(4,5)16(19)20/h7-8,14H,6,9-10,18H2,1-5H3,(H,19,20). The smallest absolute Gasteiger partial charge is 0.312 e. The van der Waals surface area contributed by atoms with Crippen molar-refractivity contribution in [3.63, 3.8) is 0 Å². The van der Waals surface area contributed by atoms with Crippen LogP contribution in [-0.4, -0.2) is 23.7 Å². The van der Waals surface area contributed by atoms with Gasteiger partial charge >= 0.3 is 5.97 Å². The quantitative estimate of drug-likeness (QED) is 0.810. The van der Waals surface area contributed by atoms with E-state index in [2.05, 4.69) is 19.1 Å². The molecule has 1 aromatic carbocycles. The van der Waals surface area contributed by atoms with Gasteiger partial charge in [-0.2, -0.15) is 0 Å². The Balaban J connectivity index is 2.88. The van der Waals surface area contributed by atoms with Gasteiger partial charge in [0.15, 0.2) is 0 Å².